The highest BCUT2D eigenvalue weighted by Crippen LogP contribution is 2.06. The Morgan fingerprint density at radius 1 is 1.27 bits per heavy atom. The van der Waals surface area contributed by atoms with Gasteiger partial charge in [0.1, 0.15) is 5.60 Å². The van der Waals surface area contributed by atoms with Crippen LogP contribution in [0.3, 0.4) is 0 Å². The summed E-state index contributed by atoms with van der Waals surface area (Å²) in [6.07, 6.45) is -0.722. The third kappa shape index (κ3) is 10.9. The van der Waals surface area contributed by atoms with Crippen LogP contribution in [0.15, 0.2) is 0 Å². The number of amides is 2. The summed E-state index contributed by atoms with van der Waals surface area (Å²) in [4.78, 5) is 34.6. The standard InChI is InChI=1S/C14H27N3O5/c1-5-6-9-21-11(18)8-7-10(15)12(19)16-17-13(20)22-14(2,3)4/h10H,5-9,15H2,1-4H3,(H,16,19)(H,17,20)/t10-/m0/s1/i8T/t8?,10-. The highest BCUT2D eigenvalue weighted by Gasteiger charge is 2.19. The maximum atomic E-state index is 11.7. The van der Waals surface area contributed by atoms with Gasteiger partial charge in [0.2, 0.25) is 0 Å². The minimum atomic E-state index is -1.26. The van der Waals surface area contributed by atoms with Gasteiger partial charge in [-0.15, -0.1) is 0 Å². The third-order valence-corrected chi connectivity index (χ3v) is 2.30. The number of ether oxygens (including phenoxy) is 2. The number of esters is 1. The summed E-state index contributed by atoms with van der Waals surface area (Å²) in [5, 5.41) is 0. The lowest BCUT2D eigenvalue weighted by Crippen LogP contribution is -2.50. The first-order valence-corrected chi connectivity index (χ1v) is 7.20. The lowest BCUT2D eigenvalue weighted by Gasteiger charge is -2.20. The van der Waals surface area contributed by atoms with Crippen LogP contribution in [0.25, 0.3) is 0 Å². The van der Waals surface area contributed by atoms with Crippen molar-refractivity contribution in [2.75, 3.05) is 6.61 Å². The number of unbranched alkanes of at least 4 members (excludes halogenated alkanes) is 1. The molecule has 0 bridgehead atoms. The number of hydrogen-bond acceptors (Lipinski definition) is 6. The van der Waals surface area contributed by atoms with Crippen LogP contribution < -0.4 is 16.6 Å². The van der Waals surface area contributed by atoms with Gasteiger partial charge in [0.15, 0.2) is 0 Å². The van der Waals surface area contributed by atoms with Crippen molar-refractivity contribution in [2.45, 2.75) is 65.0 Å². The van der Waals surface area contributed by atoms with Gasteiger partial charge in [-0.25, -0.2) is 10.2 Å². The van der Waals surface area contributed by atoms with Gasteiger partial charge in [0, 0.05) is 7.77 Å². The summed E-state index contributed by atoms with van der Waals surface area (Å²) in [5.74, 6) is -1.45. The summed E-state index contributed by atoms with van der Waals surface area (Å²) in [6, 6.07) is -1.13. The third-order valence-electron chi connectivity index (χ3n) is 2.30. The molecule has 0 radical (unpaired) electrons. The Bertz CT molecular complexity index is 412. The molecule has 0 spiro atoms. The van der Waals surface area contributed by atoms with Crippen LogP contribution in [0.5, 0.6) is 0 Å². The molecule has 0 heterocycles. The van der Waals surface area contributed by atoms with E-state index in [0.29, 0.717) is 6.42 Å². The molecule has 4 N–H and O–H groups in total. The van der Waals surface area contributed by atoms with Crippen molar-refractivity contribution in [3.8, 4) is 0 Å². The van der Waals surface area contributed by atoms with Crippen LogP contribution >= 0.6 is 0 Å². The van der Waals surface area contributed by atoms with E-state index in [4.69, 9.17) is 16.6 Å². The number of hydrogen-bond donors (Lipinski definition) is 3. The molecule has 0 aromatic carbocycles. The van der Waals surface area contributed by atoms with Crippen molar-refractivity contribution in [3.05, 3.63) is 0 Å². The Labute approximate surface area is 132 Å². The first kappa shape index (κ1) is 18.2. The maximum Gasteiger partial charge on any atom is 0.426 e. The van der Waals surface area contributed by atoms with Crippen molar-refractivity contribution >= 4 is 18.0 Å². The highest BCUT2D eigenvalue weighted by molar-refractivity contribution is 5.84. The van der Waals surface area contributed by atoms with E-state index < -0.39 is 36.0 Å². The first-order valence-electron chi connectivity index (χ1n) is 7.78. The molecule has 0 saturated heterocycles. The van der Waals surface area contributed by atoms with Crippen molar-refractivity contribution < 1.29 is 25.2 Å². The van der Waals surface area contributed by atoms with E-state index >= 15 is 0 Å². The van der Waals surface area contributed by atoms with Gasteiger partial charge >= 0.3 is 12.1 Å². The Balaban J connectivity index is 4.14. The second kappa shape index (κ2) is 9.99. The SMILES string of the molecule is [3H]C(C[C@H](N)C(=O)NNC(=O)OC(C)(C)C)C(=O)OCCCC. The molecule has 22 heavy (non-hydrogen) atoms. The van der Waals surface area contributed by atoms with Crippen LogP contribution in [0, 0.1) is 0 Å². The number of carbonyl (C=O) groups is 3. The van der Waals surface area contributed by atoms with Crippen molar-refractivity contribution in [3.63, 3.8) is 0 Å². The smallest absolute Gasteiger partial charge is 0.426 e. The van der Waals surface area contributed by atoms with Crippen LogP contribution in [0.4, 0.5) is 4.79 Å². The largest absolute Gasteiger partial charge is 0.466 e. The van der Waals surface area contributed by atoms with E-state index in [9.17, 15) is 14.4 Å². The lowest BCUT2D eigenvalue weighted by atomic mass is 10.1. The van der Waals surface area contributed by atoms with E-state index in [2.05, 4.69) is 5.43 Å². The fraction of sp³-hybridized carbons (Fsp3) is 0.786. The average Bonchev–Trinajstić information content (AvgIpc) is 2.42. The number of nitrogens with one attached hydrogen (secondary N) is 2. The molecule has 2 atom stereocenters. The molecule has 128 valence electrons. The fourth-order valence-electron chi connectivity index (χ4n) is 1.22. The Morgan fingerprint density at radius 3 is 2.45 bits per heavy atom. The molecule has 0 aromatic rings. The summed E-state index contributed by atoms with van der Waals surface area (Å²) in [7, 11) is 0. The van der Waals surface area contributed by atoms with Gasteiger partial charge in [0.05, 0.1) is 12.6 Å². The molecule has 0 fully saturated rings. The molecule has 0 aromatic heterocycles. The predicted octanol–water partition coefficient (Wildman–Crippen LogP) is 0.993. The molecular formula is C14H27N3O5. The normalized spacial score (nSPS) is 14.3. The van der Waals surface area contributed by atoms with Crippen LogP contribution in [-0.2, 0) is 19.1 Å². The molecule has 0 aliphatic rings. The molecule has 0 aliphatic carbocycles. The zero-order valence-electron chi connectivity index (χ0n) is 14.6. The summed E-state index contributed by atoms with van der Waals surface area (Å²) < 4.78 is 17.4. The number of nitrogens with two attached hydrogens (primary N) is 1. The van der Waals surface area contributed by atoms with E-state index in [-0.39, 0.29) is 13.0 Å². The lowest BCUT2D eigenvalue weighted by molar-refractivity contribution is -0.144. The molecule has 0 aliphatic heterocycles. The zero-order valence-corrected chi connectivity index (χ0v) is 13.6. The molecule has 1 unspecified atom stereocenters. The number of hydrazine groups is 1. The van der Waals surface area contributed by atoms with Gasteiger partial charge in [-0.05, 0) is 33.6 Å². The minimum absolute atomic E-state index is 0.215. The topological polar surface area (TPSA) is 120 Å². The first-order chi connectivity index (χ1) is 10.6. The molecule has 0 rings (SSSR count). The predicted molar refractivity (Wildman–Crippen MR) is 80.6 cm³/mol. The van der Waals surface area contributed by atoms with E-state index in [1.54, 1.807) is 20.8 Å². The highest BCUT2D eigenvalue weighted by atomic mass is 16.6. The maximum absolute atomic E-state index is 11.7. The minimum Gasteiger partial charge on any atom is -0.466 e. The number of carbonyl (C=O) groups excluding carboxylic acids is 3. The number of rotatable bonds is 7. The molecule has 0 saturated carbocycles. The summed E-state index contributed by atoms with van der Waals surface area (Å²) >= 11 is 0. The van der Waals surface area contributed by atoms with Crippen molar-refractivity contribution in [1.82, 2.24) is 10.9 Å². The Hall–Kier alpha value is -1.83. The van der Waals surface area contributed by atoms with Crippen molar-refractivity contribution in [1.29, 1.82) is 0 Å². The molecule has 8 heteroatoms. The summed E-state index contributed by atoms with van der Waals surface area (Å²) in [6.45, 7) is 7.22. The van der Waals surface area contributed by atoms with Gasteiger partial charge < -0.3 is 15.2 Å². The van der Waals surface area contributed by atoms with Crippen LogP contribution in [0.1, 0.15) is 54.7 Å². The molecule has 8 nitrogen and oxygen atoms in total. The monoisotopic (exact) mass is 319 g/mol. The van der Waals surface area contributed by atoms with Crippen LogP contribution in [0.2, 0.25) is 0 Å². The van der Waals surface area contributed by atoms with Gasteiger partial charge in [0.25, 0.3) is 5.91 Å². The van der Waals surface area contributed by atoms with E-state index in [1.807, 2.05) is 12.3 Å². The average molecular weight is 319 g/mol. The fourth-order valence-corrected chi connectivity index (χ4v) is 1.22. The second-order valence-corrected chi connectivity index (χ2v) is 5.68. The van der Waals surface area contributed by atoms with Crippen LogP contribution in [-0.4, -0.2) is 36.2 Å². The van der Waals surface area contributed by atoms with E-state index in [0.717, 1.165) is 6.42 Å². The van der Waals surface area contributed by atoms with Gasteiger partial charge in [-0.3, -0.25) is 15.0 Å². The Morgan fingerprint density at radius 2 is 1.91 bits per heavy atom. The molecule has 2 amide bonds. The zero-order chi connectivity index (χ0) is 18.0. The van der Waals surface area contributed by atoms with Gasteiger partial charge in [-0.1, -0.05) is 13.3 Å². The Kier molecular flexibility index (Phi) is 8.27. The molecular weight excluding hydrogens is 290 g/mol. The quantitative estimate of drug-likeness (QED) is 0.366. The van der Waals surface area contributed by atoms with Crippen molar-refractivity contribution in [2.24, 2.45) is 5.73 Å². The van der Waals surface area contributed by atoms with Gasteiger partial charge in [-0.2, -0.15) is 0 Å². The van der Waals surface area contributed by atoms with E-state index in [1.165, 1.54) is 0 Å². The second-order valence-electron chi connectivity index (χ2n) is 5.68. The summed E-state index contributed by atoms with van der Waals surface area (Å²) in [5.41, 5.74) is 9.01.